The van der Waals surface area contributed by atoms with Crippen molar-refractivity contribution >= 4 is 10.1 Å². The molecule has 0 aliphatic heterocycles. The van der Waals surface area contributed by atoms with Crippen molar-refractivity contribution in [3.05, 3.63) is 35.8 Å². The minimum atomic E-state index is -4.09. The van der Waals surface area contributed by atoms with Crippen LogP contribution in [-0.2, 0) is 10.1 Å². The average molecular weight is 174 g/mol. The van der Waals surface area contributed by atoms with Gasteiger partial charge in [0.25, 0.3) is 10.1 Å². The highest BCUT2D eigenvalue weighted by atomic mass is 32.2. The molecule has 3 nitrogen and oxygen atoms in total. The van der Waals surface area contributed by atoms with E-state index in [0.717, 1.165) is 0 Å². The highest BCUT2D eigenvalue weighted by Gasteiger charge is 2.07. The molecular weight excluding hydrogens is 164 g/mol. The number of rotatable bonds is 3. The van der Waals surface area contributed by atoms with Crippen molar-refractivity contribution in [3.8, 4) is 0 Å². The van der Waals surface area contributed by atoms with Gasteiger partial charge in [0.15, 0.2) is 0 Å². The summed E-state index contributed by atoms with van der Waals surface area (Å²) in [6, 6.07) is 0. The molecule has 0 saturated heterocycles. The first-order valence-electron chi connectivity index (χ1n) is 2.95. The molecule has 0 heterocycles. The van der Waals surface area contributed by atoms with Crippen molar-refractivity contribution in [2.45, 2.75) is 6.92 Å². The van der Waals surface area contributed by atoms with Crippen molar-refractivity contribution < 1.29 is 13.0 Å². The number of hydrogen-bond acceptors (Lipinski definition) is 2. The van der Waals surface area contributed by atoms with Gasteiger partial charge in [0.1, 0.15) is 0 Å². The topological polar surface area (TPSA) is 54.4 Å². The van der Waals surface area contributed by atoms with E-state index in [1.807, 2.05) is 0 Å². The number of hydrogen-bond donors (Lipinski definition) is 1. The van der Waals surface area contributed by atoms with Crippen LogP contribution in [0.4, 0.5) is 0 Å². The Hall–Kier alpha value is -0.870. The van der Waals surface area contributed by atoms with Gasteiger partial charge in [-0.25, -0.2) is 0 Å². The van der Waals surface area contributed by atoms with E-state index >= 15 is 0 Å². The lowest BCUT2D eigenvalue weighted by atomic mass is 10.4. The summed E-state index contributed by atoms with van der Waals surface area (Å²) in [7, 11) is -4.09. The fraction of sp³-hybridized carbons (Fsp3) is 0.143. The monoisotopic (exact) mass is 174 g/mol. The first-order chi connectivity index (χ1) is 5.02. The van der Waals surface area contributed by atoms with Gasteiger partial charge in [0.05, 0.1) is 4.91 Å². The Labute approximate surface area is 66.5 Å². The molecule has 4 heteroatoms. The molecule has 62 valence electrons. The maximum absolute atomic E-state index is 10.5. The zero-order valence-electron chi connectivity index (χ0n) is 6.19. The van der Waals surface area contributed by atoms with E-state index in [0.29, 0.717) is 0 Å². The van der Waals surface area contributed by atoms with Crippen LogP contribution in [-0.4, -0.2) is 13.0 Å². The zero-order valence-corrected chi connectivity index (χ0v) is 7.00. The molecule has 0 aromatic heterocycles. The maximum atomic E-state index is 10.5. The molecule has 0 aliphatic carbocycles. The number of allylic oxidation sites excluding steroid dienone is 4. The van der Waals surface area contributed by atoms with Crippen molar-refractivity contribution in [2.24, 2.45) is 0 Å². The quantitative estimate of drug-likeness (QED) is 0.521. The lowest BCUT2D eigenvalue weighted by molar-refractivity contribution is 0.492. The molecule has 0 spiro atoms. The van der Waals surface area contributed by atoms with E-state index in [1.165, 1.54) is 24.3 Å². The van der Waals surface area contributed by atoms with Crippen LogP contribution < -0.4 is 0 Å². The third-order valence-corrected chi connectivity index (χ3v) is 1.78. The highest BCUT2D eigenvalue weighted by Crippen LogP contribution is 2.05. The first-order valence-corrected chi connectivity index (χ1v) is 4.39. The molecule has 0 unspecified atom stereocenters. The minimum absolute atomic E-state index is 0.157. The largest absolute Gasteiger partial charge is 0.294 e. The van der Waals surface area contributed by atoms with Gasteiger partial charge < -0.3 is 0 Å². The Balaban J connectivity index is 4.93. The second-order valence-corrected chi connectivity index (χ2v) is 3.20. The van der Waals surface area contributed by atoms with E-state index in [4.69, 9.17) is 4.55 Å². The summed E-state index contributed by atoms with van der Waals surface area (Å²) < 4.78 is 29.5. The predicted molar refractivity (Wildman–Crippen MR) is 44.6 cm³/mol. The van der Waals surface area contributed by atoms with Gasteiger partial charge in [-0.15, -0.1) is 0 Å². The molecule has 0 saturated carbocycles. The van der Waals surface area contributed by atoms with Gasteiger partial charge in [0, 0.05) is 0 Å². The van der Waals surface area contributed by atoms with Crippen LogP contribution in [0.2, 0.25) is 0 Å². The summed E-state index contributed by atoms with van der Waals surface area (Å²) in [4.78, 5) is -0.157. The third kappa shape index (κ3) is 3.75. The molecule has 0 aliphatic rings. The van der Waals surface area contributed by atoms with Crippen LogP contribution in [0.5, 0.6) is 0 Å². The Kier molecular flexibility index (Phi) is 3.78. The van der Waals surface area contributed by atoms with E-state index in [2.05, 4.69) is 6.58 Å². The molecule has 11 heavy (non-hydrogen) atoms. The third-order valence-electron chi connectivity index (χ3n) is 0.911. The summed E-state index contributed by atoms with van der Waals surface area (Å²) in [6.45, 7) is 4.97. The van der Waals surface area contributed by atoms with Gasteiger partial charge in [-0.2, -0.15) is 8.42 Å². The molecule has 0 fully saturated rings. The molecule has 1 N–H and O–H groups in total. The van der Waals surface area contributed by atoms with E-state index in [1.54, 1.807) is 6.92 Å². The maximum Gasteiger partial charge on any atom is 0.294 e. The summed E-state index contributed by atoms with van der Waals surface area (Å²) in [5.74, 6) is 0. The van der Waals surface area contributed by atoms with Gasteiger partial charge >= 0.3 is 0 Å². The second-order valence-electron chi connectivity index (χ2n) is 1.78. The van der Waals surface area contributed by atoms with Crippen LogP contribution in [0.25, 0.3) is 0 Å². The van der Waals surface area contributed by atoms with Crippen LogP contribution in [0.1, 0.15) is 6.92 Å². The second kappa shape index (κ2) is 4.10. The Morgan fingerprint density at radius 1 is 1.55 bits per heavy atom. The van der Waals surface area contributed by atoms with E-state index < -0.39 is 10.1 Å². The first kappa shape index (κ1) is 10.1. The Morgan fingerprint density at radius 2 is 2.09 bits per heavy atom. The molecule has 0 atom stereocenters. The molecular formula is C7H10O3S. The lowest BCUT2D eigenvalue weighted by Crippen LogP contribution is -1.98. The van der Waals surface area contributed by atoms with Crippen LogP contribution in [0, 0.1) is 0 Å². The summed E-state index contributed by atoms with van der Waals surface area (Å²) in [6.07, 6.45) is 5.32. The zero-order chi connectivity index (χ0) is 8.91. The van der Waals surface area contributed by atoms with E-state index in [-0.39, 0.29) is 4.91 Å². The van der Waals surface area contributed by atoms with E-state index in [9.17, 15) is 8.42 Å². The summed E-state index contributed by atoms with van der Waals surface area (Å²) in [5, 5.41) is 0. The Morgan fingerprint density at radius 3 is 2.36 bits per heavy atom. The predicted octanol–water partition coefficient (Wildman–Crippen LogP) is 1.52. The fourth-order valence-corrected chi connectivity index (χ4v) is 1.08. The van der Waals surface area contributed by atoms with Gasteiger partial charge in [-0.3, -0.25) is 4.55 Å². The Bertz CT molecular complexity index is 283. The fourth-order valence-electron chi connectivity index (χ4n) is 0.508. The molecule has 0 amide bonds. The smallest absolute Gasteiger partial charge is 0.282 e. The molecule has 0 bridgehead atoms. The van der Waals surface area contributed by atoms with Crippen LogP contribution >= 0.6 is 0 Å². The van der Waals surface area contributed by atoms with Crippen LogP contribution in [0.15, 0.2) is 35.8 Å². The molecule has 0 radical (unpaired) electrons. The summed E-state index contributed by atoms with van der Waals surface area (Å²) in [5.41, 5.74) is 0. The minimum Gasteiger partial charge on any atom is -0.282 e. The summed E-state index contributed by atoms with van der Waals surface area (Å²) >= 11 is 0. The van der Waals surface area contributed by atoms with Crippen molar-refractivity contribution in [1.82, 2.24) is 0 Å². The molecule has 0 rings (SSSR count). The standard InChI is InChI=1S/C7H10O3S/c1-3-5-7(6-4-2)11(8,9)10/h3-6H,1H2,2H3,(H,8,9,10)/b6-4-,7-5+. The molecule has 0 aromatic rings. The van der Waals surface area contributed by atoms with Crippen molar-refractivity contribution in [3.63, 3.8) is 0 Å². The average Bonchev–Trinajstić information content (AvgIpc) is 1.85. The van der Waals surface area contributed by atoms with Crippen LogP contribution in [0.3, 0.4) is 0 Å². The normalized spacial score (nSPS) is 13.8. The van der Waals surface area contributed by atoms with Gasteiger partial charge in [-0.1, -0.05) is 18.7 Å². The van der Waals surface area contributed by atoms with Crippen molar-refractivity contribution in [1.29, 1.82) is 0 Å². The highest BCUT2D eigenvalue weighted by molar-refractivity contribution is 7.90. The molecule has 0 aromatic carbocycles. The lowest BCUT2D eigenvalue weighted by Gasteiger charge is -1.93. The van der Waals surface area contributed by atoms with Gasteiger partial charge in [0.2, 0.25) is 0 Å². The SMILES string of the molecule is C=C/C=C(\C=C/C)S(=O)(=O)O. The van der Waals surface area contributed by atoms with Crippen molar-refractivity contribution in [2.75, 3.05) is 0 Å². The van der Waals surface area contributed by atoms with Gasteiger partial charge in [-0.05, 0) is 19.1 Å².